The van der Waals surface area contributed by atoms with Gasteiger partial charge in [0.25, 0.3) is 5.91 Å². The Morgan fingerprint density at radius 1 is 1.29 bits per heavy atom. The molecule has 0 spiro atoms. The van der Waals surface area contributed by atoms with Gasteiger partial charge in [-0.1, -0.05) is 55.5 Å². The highest BCUT2D eigenvalue weighted by Gasteiger charge is 2.10. The van der Waals surface area contributed by atoms with Crippen LogP contribution in [0.2, 0.25) is 0 Å². The Bertz CT molecular complexity index is 632. The van der Waals surface area contributed by atoms with Gasteiger partial charge in [0.1, 0.15) is 5.01 Å². The molecule has 0 aliphatic carbocycles. The Morgan fingerprint density at radius 2 is 2.00 bits per heavy atom. The number of hydrogen-bond acceptors (Lipinski definition) is 4. The van der Waals surface area contributed by atoms with Crippen LogP contribution in [0.5, 0.6) is 0 Å². The van der Waals surface area contributed by atoms with Gasteiger partial charge in [0.15, 0.2) is 0 Å². The predicted molar refractivity (Wildman–Crippen MR) is 87.2 cm³/mol. The third-order valence-corrected chi connectivity index (χ3v) is 3.67. The molecule has 1 aromatic carbocycles. The van der Waals surface area contributed by atoms with E-state index in [9.17, 15) is 4.79 Å². The van der Waals surface area contributed by atoms with Crippen LogP contribution in [0.1, 0.15) is 31.3 Å². The van der Waals surface area contributed by atoms with Crippen LogP contribution in [0.4, 0.5) is 5.13 Å². The highest BCUT2D eigenvalue weighted by atomic mass is 32.1. The second kappa shape index (κ2) is 7.13. The van der Waals surface area contributed by atoms with Crippen molar-refractivity contribution in [1.82, 2.24) is 10.2 Å². The molecule has 2 rings (SSSR count). The largest absolute Gasteiger partial charge is 0.297 e. The monoisotopic (exact) mass is 301 g/mol. The highest BCUT2D eigenvalue weighted by molar-refractivity contribution is 7.15. The zero-order valence-electron chi connectivity index (χ0n) is 12.5. The third kappa shape index (κ3) is 4.79. The first-order valence-electron chi connectivity index (χ1n) is 6.91. The van der Waals surface area contributed by atoms with E-state index in [1.807, 2.05) is 36.4 Å². The van der Waals surface area contributed by atoms with E-state index >= 15 is 0 Å². The topological polar surface area (TPSA) is 54.9 Å². The van der Waals surface area contributed by atoms with E-state index in [2.05, 4.69) is 29.4 Å². The van der Waals surface area contributed by atoms with Crippen LogP contribution < -0.4 is 5.32 Å². The molecule has 0 aliphatic heterocycles. The zero-order valence-corrected chi connectivity index (χ0v) is 13.3. The summed E-state index contributed by atoms with van der Waals surface area (Å²) in [6.07, 6.45) is 2.73. The van der Waals surface area contributed by atoms with Crippen molar-refractivity contribution in [2.75, 3.05) is 5.32 Å². The van der Waals surface area contributed by atoms with Crippen LogP contribution in [-0.2, 0) is 11.2 Å². The molecule has 21 heavy (non-hydrogen) atoms. The summed E-state index contributed by atoms with van der Waals surface area (Å²) in [5, 5.41) is 12.4. The summed E-state index contributed by atoms with van der Waals surface area (Å²) in [5.74, 6) is 0.382. The molecule has 1 N–H and O–H groups in total. The summed E-state index contributed by atoms with van der Waals surface area (Å²) in [5.41, 5.74) is 1.64. The number of amides is 1. The average Bonchev–Trinajstić information content (AvgIpc) is 2.86. The molecule has 0 aliphatic rings. The lowest BCUT2D eigenvalue weighted by Gasteiger charge is -2.01. The van der Waals surface area contributed by atoms with E-state index in [0.717, 1.165) is 17.0 Å². The van der Waals surface area contributed by atoms with Crippen molar-refractivity contribution in [3.05, 3.63) is 46.5 Å². The zero-order chi connectivity index (χ0) is 15.2. The fraction of sp³-hybridized carbons (Fsp3) is 0.312. The summed E-state index contributed by atoms with van der Waals surface area (Å²) in [7, 11) is 0. The molecule has 110 valence electrons. The summed E-state index contributed by atoms with van der Waals surface area (Å²) >= 11 is 1.43. The third-order valence-electron chi connectivity index (χ3n) is 2.81. The molecule has 0 fully saturated rings. The molecular formula is C16H19N3OS. The number of rotatable bonds is 5. The molecule has 2 aromatic rings. The lowest BCUT2D eigenvalue weighted by Crippen LogP contribution is -2.12. The molecule has 0 unspecified atom stereocenters. The van der Waals surface area contributed by atoms with Crippen LogP contribution in [-0.4, -0.2) is 16.1 Å². The Labute approximate surface area is 128 Å². The molecule has 1 aromatic heterocycles. The summed E-state index contributed by atoms with van der Waals surface area (Å²) in [6, 6.07) is 9.76. The number of nitrogens with zero attached hydrogens (tertiary/aromatic N) is 2. The Morgan fingerprint density at radius 3 is 2.67 bits per heavy atom. The Balaban J connectivity index is 2.01. The number of nitrogens with one attached hydrogen (secondary N) is 1. The fourth-order valence-electron chi connectivity index (χ4n) is 1.80. The summed E-state index contributed by atoms with van der Waals surface area (Å²) in [6.45, 7) is 6.05. The summed E-state index contributed by atoms with van der Waals surface area (Å²) in [4.78, 5) is 12.1. The summed E-state index contributed by atoms with van der Waals surface area (Å²) < 4.78 is 0. The highest BCUT2D eigenvalue weighted by Crippen LogP contribution is 2.19. The van der Waals surface area contributed by atoms with Crippen molar-refractivity contribution in [3.63, 3.8) is 0 Å². The molecule has 0 bridgehead atoms. The van der Waals surface area contributed by atoms with Gasteiger partial charge >= 0.3 is 0 Å². The SMILES string of the molecule is C/C(=C\c1ccccc1)C(=O)Nc1nnc(CC(C)C)s1. The van der Waals surface area contributed by atoms with Gasteiger partial charge in [-0.25, -0.2) is 0 Å². The molecule has 5 heteroatoms. The quantitative estimate of drug-likeness (QED) is 0.855. The maximum absolute atomic E-state index is 12.1. The minimum absolute atomic E-state index is 0.147. The molecule has 1 amide bonds. The van der Waals surface area contributed by atoms with E-state index in [-0.39, 0.29) is 5.91 Å². The molecule has 0 atom stereocenters. The normalized spacial score (nSPS) is 11.7. The first-order valence-corrected chi connectivity index (χ1v) is 7.73. The van der Waals surface area contributed by atoms with Crippen LogP contribution in [0, 0.1) is 5.92 Å². The van der Waals surface area contributed by atoms with E-state index in [4.69, 9.17) is 0 Å². The van der Waals surface area contributed by atoms with E-state index in [1.165, 1.54) is 11.3 Å². The van der Waals surface area contributed by atoms with Gasteiger partial charge < -0.3 is 0 Å². The van der Waals surface area contributed by atoms with Gasteiger partial charge in [-0.05, 0) is 24.5 Å². The maximum atomic E-state index is 12.1. The van der Waals surface area contributed by atoms with E-state index < -0.39 is 0 Å². The number of anilines is 1. The second-order valence-corrected chi connectivity index (χ2v) is 6.35. The molecule has 0 saturated heterocycles. The molecular weight excluding hydrogens is 282 g/mol. The number of aromatic nitrogens is 2. The minimum Gasteiger partial charge on any atom is -0.297 e. The van der Waals surface area contributed by atoms with Crippen molar-refractivity contribution in [1.29, 1.82) is 0 Å². The van der Waals surface area contributed by atoms with Gasteiger partial charge in [-0.2, -0.15) is 0 Å². The van der Waals surface area contributed by atoms with Crippen molar-refractivity contribution in [2.24, 2.45) is 5.92 Å². The van der Waals surface area contributed by atoms with Gasteiger partial charge in [0.05, 0.1) is 0 Å². The van der Waals surface area contributed by atoms with Crippen LogP contribution in [0.15, 0.2) is 35.9 Å². The van der Waals surface area contributed by atoms with Crippen molar-refractivity contribution >= 4 is 28.5 Å². The lowest BCUT2D eigenvalue weighted by molar-refractivity contribution is -0.112. The second-order valence-electron chi connectivity index (χ2n) is 5.29. The lowest BCUT2D eigenvalue weighted by atomic mass is 10.1. The Hall–Kier alpha value is -2.01. The molecule has 0 radical (unpaired) electrons. The maximum Gasteiger partial charge on any atom is 0.253 e. The minimum atomic E-state index is -0.147. The molecule has 4 nitrogen and oxygen atoms in total. The van der Waals surface area contributed by atoms with Crippen LogP contribution in [0.25, 0.3) is 6.08 Å². The van der Waals surface area contributed by atoms with Gasteiger partial charge in [0, 0.05) is 12.0 Å². The molecule has 1 heterocycles. The predicted octanol–water partition coefficient (Wildman–Crippen LogP) is 3.78. The Kier molecular flexibility index (Phi) is 5.22. The van der Waals surface area contributed by atoms with Crippen LogP contribution >= 0.6 is 11.3 Å². The first-order chi connectivity index (χ1) is 10.0. The van der Waals surface area contributed by atoms with Crippen molar-refractivity contribution < 1.29 is 4.79 Å². The first kappa shape index (κ1) is 15.4. The van der Waals surface area contributed by atoms with E-state index in [0.29, 0.717) is 16.6 Å². The smallest absolute Gasteiger partial charge is 0.253 e. The standard InChI is InChI=1S/C16H19N3OS/c1-11(2)9-14-18-19-16(21-14)17-15(20)12(3)10-13-7-5-4-6-8-13/h4-8,10-11H,9H2,1-3H3,(H,17,19,20)/b12-10+. The number of benzene rings is 1. The van der Waals surface area contributed by atoms with Crippen LogP contribution in [0.3, 0.4) is 0 Å². The van der Waals surface area contributed by atoms with Gasteiger partial charge in [0.2, 0.25) is 5.13 Å². The van der Waals surface area contributed by atoms with Gasteiger partial charge in [-0.15, -0.1) is 10.2 Å². The van der Waals surface area contributed by atoms with Crippen molar-refractivity contribution in [3.8, 4) is 0 Å². The average molecular weight is 301 g/mol. The molecule has 0 saturated carbocycles. The van der Waals surface area contributed by atoms with Crippen molar-refractivity contribution in [2.45, 2.75) is 27.2 Å². The van der Waals surface area contributed by atoms with Gasteiger partial charge in [-0.3, -0.25) is 10.1 Å². The number of hydrogen-bond donors (Lipinski definition) is 1. The number of carbonyl (C=O) groups excluding carboxylic acids is 1. The number of carbonyl (C=O) groups is 1. The fourth-order valence-corrected chi connectivity index (χ4v) is 2.74. The van der Waals surface area contributed by atoms with E-state index in [1.54, 1.807) is 6.92 Å².